The third-order valence-corrected chi connectivity index (χ3v) is 4.25. The van der Waals surface area contributed by atoms with Crippen LogP contribution in [0, 0.1) is 0 Å². The SMILES string of the molecule is NCCCc1cccc(Nc2ncnc3[nH]nc(Nc4ccccc4)c23)c1. The number of hydrogen-bond acceptors (Lipinski definition) is 6. The minimum absolute atomic E-state index is 0.671. The Morgan fingerprint density at radius 3 is 2.56 bits per heavy atom. The predicted molar refractivity (Wildman–Crippen MR) is 109 cm³/mol. The molecule has 0 aliphatic carbocycles. The Hall–Kier alpha value is -3.45. The molecular weight excluding hydrogens is 338 g/mol. The molecule has 0 radical (unpaired) electrons. The van der Waals surface area contributed by atoms with Gasteiger partial charge in [0.25, 0.3) is 0 Å². The topological polar surface area (TPSA) is 105 Å². The summed E-state index contributed by atoms with van der Waals surface area (Å²) >= 11 is 0. The van der Waals surface area contributed by atoms with Gasteiger partial charge in [0.15, 0.2) is 11.5 Å². The number of aryl methyl sites for hydroxylation is 1. The Morgan fingerprint density at radius 1 is 0.889 bits per heavy atom. The van der Waals surface area contributed by atoms with E-state index in [0.29, 0.717) is 23.8 Å². The molecule has 27 heavy (non-hydrogen) atoms. The van der Waals surface area contributed by atoms with Crippen molar-refractivity contribution in [3.05, 3.63) is 66.5 Å². The number of anilines is 4. The highest BCUT2D eigenvalue weighted by Gasteiger charge is 2.13. The van der Waals surface area contributed by atoms with Crippen LogP contribution in [0.3, 0.4) is 0 Å². The van der Waals surface area contributed by atoms with E-state index in [2.05, 4.69) is 42.9 Å². The highest BCUT2D eigenvalue weighted by molar-refractivity contribution is 5.98. The molecule has 0 aliphatic heterocycles. The molecule has 0 amide bonds. The van der Waals surface area contributed by atoms with Crippen LogP contribution in [0.2, 0.25) is 0 Å². The molecule has 0 aliphatic rings. The maximum Gasteiger partial charge on any atom is 0.165 e. The maximum absolute atomic E-state index is 5.62. The normalized spacial score (nSPS) is 10.9. The first kappa shape index (κ1) is 17.0. The smallest absolute Gasteiger partial charge is 0.165 e. The van der Waals surface area contributed by atoms with Gasteiger partial charge in [-0.2, -0.15) is 5.10 Å². The summed E-state index contributed by atoms with van der Waals surface area (Å²) in [5.74, 6) is 1.38. The number of hydrogen-bond donors (Lipinski definition) is 4. The molecule has 4 aromatic rings. The van der Waals surface area contributed by atoms with Gasteiger partial charge in [0.1, 0.15) is 17.5 Å². The van der Waals surface area contributed by atoms with Gasteiger partial charge in [0.05, 0.1) is 0 Å². The molecule has 0 atom stereocenters. The van der Waals surface area contributed by atoms with Crippen molar-refractivity contribution in [2.75, 3.05) is 17.2 Å². The molecule has 2 aromatic heterocycles. The van der Waals surface area contributed by atoms with Crippen molar-refractivity contribution in [1.82, 2.24) is 20.2 Å². The van der Waals surface area contributed by atoms with E-state index >= 15 is 0 Å². The third-order valence-electron chi connectivity index (χ3n) is 4.25. The molecule has 136 valence electrons. The fourth-order valence-corrected chi connectivity index (χ4v) is 2.95. The first-order chi connectivity index (χ1) is 13.3. The molecule has 2 heterocycles. The molecule has 2 aromatic carbocycles. The van der Waals surface area contributed by atoms with Gasteiger partial charge in [-0.15, -0.1) is 0 Å². The lowest BCUT2D eigenvalue weighted by molar-refractivity contribution is 0.833. The second kappa shape index (κ2) is 7.84. The quantitative estimate of drug-likeness (QED) is 0.401. The fraction of sp³-hybridized carbons (Fsp3) is 0.150. The molecule has 0 unspecified atom stereocenters. The summed E-state index contributed by atoms with van der Waals surface area (Å²) in [5.41, 5.74) is 9.45. The summed E-state index contributed by atoms with van der Waals surface area (Å²) in [6.07, 6.45) is 3.44. The summed E-state index contributed by atoms with van der Waals surface area (Å²) in [6, 6.07) is 18.2. The monoisotopic (exact) mass is 359 g/mol. The number of rotatable bonds is 7. The van der Waals surface area contributed by atoms with E-state index in [1.807, 2.05) is 42.5 Å². The number of fused-ring (bicyclic) bond motifs is 1. The van der Waals surface area contributed by atoms with Gasteiger partial charge in [-0.05, 0) is 49.2 Å². The van der Waals surface area contributed by atoms with E-state index < -0.39 is 0 Å². The average Bonchev–Trinajstić information content (AvgIpc) is 3.11. The van der Waals surface area contributed by atoms with Crippen molar-refractivity contribution in [3.63, 3.8) is 0 Å². The van der Waals surface area contributed by atoms with E-state index in [-0.39, 0.29) is 0 Å². The third kappa shape index (κ3) is 3.88. The lowest BCUT2D eigenvalue weighted by Gasteiger charge is -2.10. The highest BCUT2D eigenvalue weighted by Crippen LogP contribution is 2.30. The number of benzene rings is 2. The molecule has 5 N–H and O–H groups in total. The van der Waals surface area contributed by atoms with Crippen molar-refractivity contribution < 1.29 is 0 Å². The molecule has 7 nitrogen and oxygen atoms in total. The van der Waals surface area contributed by atoms with E-state index in [9.17, 15) is 0 Å². The van der Waals surface area contributed by atoms with Gasteiger partial charge in [-0.1, -0.05) is 30.3 Å². The lowest BCUT2D eigenvalue weighted by Crippen LogP contribution is -2.01. The summed E-state index contributed by atoms with van der Waals surface area (Å²) in [7, 11) is 0. The van der Waals surface area contributed by atoms with Gasteiger partial charge in [-0.25, -0.2) is 9.97 Å². The Balaban J connectivity index is 1.65. The molecule has 0 fully saturated rings. The number of aromatic amines is 1. The van der Waals surface area contributed by atoms with Crippen molar-refractivity contribution in [1.29, 1.82) is 0 Å². The van der Waals surface area contributed by atoms with Crippen LogP contribution in [-0.2, 0) is 6.42 Å². The van der Waals surface area contributed by atoms with Crippen LogP contribution in [-0.4, -0.2) is 26.7 Å². The molecule has 4 rings (SSSR count). The van der Waals surface area contributed by atoms with Crippen LogP contribution in [0.4, 0.5) is 23.0 Å². The van der Waals surface area contributed by atoms with Gasteiger partial charge in [0.2, 0.25) is 0 Å². The largest absolute Gasteiger partial charge is 0.339 e. The van der Waals surface area contributed by atoms with Crippen molar-refractivity contribution in [2.45, 2.75) is 12.8 Å². The summed E-state index contributed by atoms with van der Waals surface area (Å²) < 4.78 is 0. The van der Waals surface area contributed by atoms with Crippen LogP contribution in [0.15, 0.2) is 60.9 Å². The lowest BCUT2D eigenvalue weighted by atomic mass is 10.1. The van der Waals surface area contributed by atoms with Gasteiger partial charge < -0.3 is 16.4 Å². The van der Waals surface area contributed by atoms with Crippen LogP contribution >= 0.6 is 0 Å². The number of nitrogens with two attached hydrogens (primary N) is 1. The van der Waals surface area contributed by atoms with E-state index in [0.717, 1.165) is 29.6 Å². The highest BCUT2D eigenvalue weighted by atomic mass is 15.2. The zero-order chi connectivity index (χ0) is 18.5. The second-order valence-corrected chi connectivity index (χ2v) is 6.23. The minimum atomic E-state index is 0.671. The molecule has 7 heteroatoms. The van der Waals surface area contributed by atoms with Crippen molar-refractivity contribution in [2.24, 2.45) is 5.73 Å². The molecule has 0 saturated carbocycles. The maximum atomic E-state index is 5.62. The number of aromatic nitrogens is 4. The zero-order valence-corrected chi connectivity index (χ0v) is 14.8. The fourth-order valence-electron chi connectivity index (χ4n) is 2.95. The van der Waals surface area contributed by atoms with E-state index in [4.69, 9.17) is 5.73 Å². The summed E-state index contributed by atoms with van der Waals surface area (Å²) in [5, 5.41) is 14.8. The number of nitrogens with one attached hydrogen (secondary N) is 3. The minimum Gasteiger partial charge on any atom is -0.339 e. The Kier molecular flexibility index (Phi) is 4.93. The van der Waals surface area contributed by atoms with E-state index in [1.165, 1.54) is 11.9 Å². The van der Waals surface area contributed by atoms with Gasteiger partial charge in [0, 0.05) is 11.4 Å². The predicted octanol–water partition coefficient (Wildman–Crippen LogP) is 3.73. The van der Waals surface area contributed by atoms with E-state index in [1.54, 1.807) is 0 Å². The Labute approximate surface area is 157 Å². The first-order valence-electron chi connectivity index (χ1n) is 8.90. The number of H-pyrrole nitrogens is 1. The van der Waals surface area contributed by atoms with Crippen LogP contribution in [0.1, 0.15) is 12.0 Å². The number of nitrogens with zero attached hydrogens (tertiary/aromatic N) is 3. The van der Waals surface area contributed by atoms with Crippen LogP contribution in [0.25, 0.3) is 11.0 Å². The Bertz CT molecular complexity index is 1030. The molecular formula is C20H21N7. The Morgan fingerprint density at radius 2 is 1.70 bits per heavy atom. The summed E-state index contributed by atoms with van der Waals surface area (Å²) in [4.78, 5) is 8.71. The second-order valence-electron chi connectivity index (χ2n) is 6.23. The standard InChI is InChI=1S/C20H21N7/c21-11-5-7-14-6-4-10-16(12-14)25-18-17-19(23-13-22-18)26-27-20(17)24-15-8-2-1-3-9-15/h1-4,6,8-10,12-13H,5,7,11,21H2,(H3,22,23,24,25,26,27). The molecule has 0 saturated heterocycles. The molecule has 0 bridgehead atoms. The van der Waals surface area contributed by atoms with Crippen LogP contribution < -0.4 is 16.4 Å². The number of para-hydroxylation sites is 1. The van der Waals surface area contributed by atoms with Crippen LogP contribution in [0.5, 0.6) is 0 Å². The zero-order valence-electron chi connectivity index (χ0n) is 14.8. The average molecular weight is 359 g/mol. The first-order valence-corrected chi connectivity index (χ1v) is 8.90. The molecule has 0 spiro atoms. The van der Waals surface area contributed by atoms with Gasteiger partial charge in [-0.3, -0.25) is 5.10 Å². The van der Waals surface area contributed by atoms with Gasteiger partial charge >= 0.3 is 0 Å². The summed E-state index contributed by atoms with van der Waals surface area (Å²) in [6.45, 7) is 0.688. The van der Waals surface area contributed by atoms with Crippen molar-refractivity contribution >= 4 is 34.0 Å². The van der Waals surface area contributed by atoms with Crippen molar-refractivity contribution in [3.8, 4) is 0 Å².